The van der Waals surface area contributed by atoms with E-state index in [1.165, 1.54) is 29.7 Å². The van der Waals surface area contributed by atoms with Gasteiger partial charge in [0.2, 0.25) is 0 Å². The van der Waals surface area contributed by atoms with E-state index in [4.69, 9.17) is 0 Å². The molecule has 110 valence electrons. The Labute approximate surface area is 127 Å². The second-order valence-corrected chi connectivity index (χ2v) is 6.07. The van der Waals surface area contributed by atoms with E-state index >= 15 is 0 Å². The lowest BCUT2D eigenvalue weighted by Crippen LogP contribution is -2.31. The van der Waals surface area contributed by atoms with Gasteiger partial charge in [-0.2, -0.15) is 0 Å². The van der Waals surface area contributed by atoms with Gasteiger partial charge in [-0.3, -0.25) is 4.90 Å². The van der Waals surface area contributed by atoms with Crippen LogP contribution in [0, 0.1) is 6.92 Å². The number of likely N-dealkylation sites (tertiary alicyclic amines) is 1. The summed E-state index contributed by atoms with van der Waals surface area (Å²) in [5, 5.41) is 3.69. The highest BCUT2D eigenvalue weighted by Gasteiger charge is 2.21. The average molecular weight is 280 g/mol. The topological polar surface area (TPSA) is 15.3 Å². The fourth-order valence-electron chi connectivity index (χ4n) is 2.95. The molecular weight excluding hydrogens is 256 g/mol. The Morgan fingerprint density at radius 1 is 1.00 bits per heavy atom. The van der Waals surface area contributed by atoms with Gasteiger partial charge in [0.15, 0.2) is 0 Å². The molecule has 0 aliphatic carbocycles. The SMILES string of the molecule is Cc1ccc(CNC2CCN(Cc3ccccc3)C2)cc1. The predicted octanol–water partition coefficient (Wildman–Crippen LogP) is 3.36. The fourth-order valence-corrected chi connectivity index (χ4v) is 2.95. The Bertz CT molecular complexity index is 548. The first-order chi connectivity index (χ1) is 10.3. The minimum atomic E-state index is 0.620. The summed E-state index contributed by atoms with van der Waals surface area (Å²) in [6.07, 6.45) is 1.25. The molecule has 0 amide bonds. The van der Waals surface area contributed by atoms with Crippen LogP contribution in [0.15, 0.2) is 54.6 Å². The van der Waals surface area contributed by atoms with Crippen molar-refractivity contribution in [3.8, 4) is 0 Å². The zero-order valence-corrected chi connectivity index (χ0v) is 12.8. The molecule has 2 aromatic rings. The Morgan fingerprint density at radius 2 is 1.76 bits per heavy atom. The zero-order valence-electron chi connectivity index (χ0n) is 12.8. The van der Waals surface area contributed by atoms with Crippen LogP contribution in [0.5, 0.6) is 0 Å². The molecule has 2 aromatic carbocycles. The largest absolute Gasteiger partial charge is 0.309 e. The minimum absolute atomic E-state index is 0.620. The summed E-state index contributed by atoms with van der Waals surface area (Å²) in [6.45, 7) is 6.53. The van der Waals surface area contributed by atoms with E-state index in [-0.39, 0.29) is 0 Å². The quantitative estimate of drug-likeness (QED) is 0.903. The van der Waals surface area contributed by atoms with Crippen LogP contribution in [-0.2, 0) is 13.1 Å². The monoisotopic (exact) mass is 280 g/mol. The Hall–Kier alpha value is -1.64. The van der Waals surface area contributed by atoms with Gasteiger partial charge in [0.25, 0.3) is 0 Å². The first-order valence-electron chi connectivity index (χ1n) is 7.85. The van der Waals surface area contributed by atoms with E-state index < -0.39 is 0 Å². The molecule has 0 radical (unpaired) electrons. The summed E-state index contributed by atoms with van der Waals surface area (Å²) in [6, 6.07) is 20.2. The molecule has 21 heavy (non-hydrogen) atoms. The van der Waals surface area contributed by atoms with Gasteiger partial charge in [0.1, 0.15) is 0 Å². The molecule has 2 heteroatoms. The zero-order chi connectivity index (χ0) is 14.5. The number of benzene rings is 2. The van der Waals surface area contributed by atoms with Crippen LogP contribution in [0.25, 0.3) is 0 Å². The van der Waals surface area contributed by atoms with Crippen molar-refractivity contribution in [1.82, 2.24) is 10.2 Å². The van der Waals surface area contributed by atoms with Gasteiger partial charge in [0.05, 0.1) is 0 Å². The van der Waals surface area contributed by atoms with Crippen molar-refractivity contribution < 1.29 is 0 Å². The maximum Gasteiger partial charge on any atom is 0.0234 e. The van der Waals surface area contributed by atoms with Gasteiger partial charge in [-0.15, -0.1) is 0 Å². The lowest BCUT2D eigenvalue weighted by molar-refractivity contribution is 0.320. The van der Waals surface area contributed by atoms with Crippen LogP contribution in [0.4, 0.5) is 0 Å². The van der Waals surface area contributed by atoms with Crippen LogP contribution in [0.2, 0.25) is 0 Å². The number of rotatable bonds is 5. The molecule has 1 aliphatic heterocycles. The second kappa shape index (κ2) is 6.88. The first kappa shape index (κ1) is 14.3. The highest BCUT2D eigenvalue weighted by atomic mass is 15.2. The van der Waals surface area contributed by atoms with Crippen molar-refractivity contribution in [2.45, 2.75) is 32.5 Å². The van der Waals surface area contributed by atoms with Crippen molar-refractivity contribution >= 4 is 0 Å². The second-order valence-electron chi connectivity index (χ2n) is 6.07. The predicted molar refractivity (Wildman–Crippen MR) is 88.1 cm³/mol. The molecule has 1 fully saturated rings. The van der Waals surface area contributed by atoms with Crippen LogP contribution < -0.4 is 5.32 Å². The molecule has 0 bridgehead atoms. The molecule has 1 unspecified atom stereocenters. The van der Waals surface area contributed by atoms with E-state index in [0.717, 1.165) is 19.6 Å². The molecule has 1 heterocycles. The Kier molecular flexibility index (Phi) is 4.69. The van der Waals surface area contributed by atoms with Crippen LogP contribution in [-0.4, -0.2) is 24.0 Å². The number of nitrogens with zero attached hydrogens (tertiary/aromatic N) is 1. The Morgan fingerprint density at radius 3 is 2.52 bits per heavy atom. The summed E-state index contributed by atoms with van der Waals surface area (Å²) in [5.74, 6) is 0. The summed E-state index contributed by atoms with van der Waals surface area (Å²) >= 11 is 0. The van der Waals surface area contributed by atoms with Gasteiger partial charge in [0, 0.05) is 32.2 Å². The van der Waals surface area contributed by atoms with E-state index in [1.807, 2.05) is 0 Å². The first-order valence-corrected chi connectivity index (χ1v) is 7.85. The standard InChI is InChI=1S/C19H24N2/c1-16-7-9-17(10-8-16)13-20-19-11-12-21(15-19)14-18-5-3-2-4-6-18/h2-10,19-20H,11-15H2,1H3. The van der Waals surface area contributed by atoms with Crippen molar-refractivity contribution in [1.29, 1.82) is 0 Å². The number of aryl methyl sites for hydroxylation is 1. The lowest BCUT2D eigenvalue weighted by Gasteiger charge is -2.17. The molecule has 1 atom stereocenters. The highest BCUT2D eigenvalue weighted by Crippen LogP contribution is 2.14. The van der Waals surface area contributed by atoms with Crippen molar-refractivity contribution in [2.24, 2.45) is 0 Å². The molecule has 0 spiro atoms. The van der Waals surface area contributed by atoms with Gasteiger partial charge in [-0.05, 0) is 24.5 Å². The third-order valence-corrected chi connectivity index (χ3v) is 4.24. The molecule has 3 rings (SSSR count). The number of hydrogen-bond donors (Lipinski definition) is 1. The van der Waals surface area contributed by atoms with Crippen LogP contribution in [0.3, 0.4) is 0 Å². The minimum Gasteiger partial charge on any atom is -0.309 e. The maximum absolute atomic E-state index is 3.69. The number of nitrogens with one attached hydrogen (secondary N) is 1. The van der Waals surface area contributed by atoms with E-state index in [2.05, 4.69) is 71.7 Å². The van der Waals surface area contributed by atoms with Gasteiger partial charge < -0.3 is 5.32 Å². The summed E-state index contributed by atoms with van der Waals surface area (Å²) in [5.41, 5.74) is 4.12. The Balaban J connectivity index is 1.45. The summed E-state index contributed by atoms with van der Waals surface area (Å²) in [4.78, 5) is 2.54. The van der Waals surface area contributed by atoms with Crippen molar-refractivity contribution in [3.05, 3.63) is 71.3 Å². The van der Waals surface area contributed by atoms with Crippen molar-refractivity contribution in [2.75, 3.05) is 13.1 Å². The molecule has 0 aromatic heterocycles. The number of hydrogen-bond acceptors (Lipinski definition) is 2. The van der Waals surface area contributed by atoms with Crippen LogP contribution >= 0.6 is 0 Å². The fraction of sp³-hybridized carbons (Fsp3) is 0.368. The van der Waals surface area contributed by atoms with Gasteiger partial charge >= 0.3 is 0 Å². The molecule has 2 nitrogen and oxygen atoms in total. The molecule has 1 aliphatic rings. The van der Waals surface area contributed by atoms with E-state index in [9.17, 15) is 0 Å². The van der Waals surface area contributed by atoms with E-state index in [1.54, 1.807) is 0 Å². The maximum atomic E-state index is 3.69. The van der Waals surface area contributed by atoms with Crippen LogP contribution in [0.1, 0.15) is 23.1 Å². The average Bonchev–Trinajstić information content (AvgIpc) is 2.95. The van der Waals surface area contributed by atoms with Crippen molar-refractivity contribution in [3.63, 3.8) is 0 Å². The molecular formula is C19H24N2. The molecule has 1 N–H and O–H groups in total. The lowest BCUT2D eigenvalue weighted by atomic mass is 10.1. The molecule has 0 saturated carbocycles. The third-order valence-electron chi connectivity index (χ3n) is 4.24. The van der Waals surface area contributed by atoms with Gasteiger partial charge in [-0.1, -0.05) is 60.2 Å². The highest BCUT2D eigenvalue weighted by molar-refractivity contribution is 5.21. The summed E-state index contributed by atoms with van der Waals surface area (Å²) in [7, 11) is 0. The summed E-state index contributed by atoms with van der Waals surface area (Å²) < 4.78 is 0. The normalized spacial score (nSPS) is 19.0. The molecule has 1 saturated heterocycles. The smallest absolute Gasteiger partial charge is 0.0234 e. The van der Waals surface area contributed by atoms with E-state index in [0.29, 0.717) is 6.04 Å². The third kappa shape index (κ3) is 4.16. The van der Waals surface area contributed by atoms with Gasteiger partial charge in [-0.25, -0.2) is 0 Å².